The Kier molecular flexibility index (Phi) is 7.13. The van der Waals surface area contributed by atoms with E-state index in [1.165, 1.54) is 4.90 Å². The molecular formula is C28H32BrN3O5. The molecule has 3 N–H and O–H groups in total. The molecule has 8 nitrogen and oxygen atoms in total. The Labute approximate surface area is 224 Å². The van der Waals surface area contributed by atoms with Gasteiger partial charge in [0.15, 0.2) is 0 Å². The zero-order valence-electron chi connectivity index (χ0n) is 20.8. The lowest BCUT2D eigenvalue weighted by atomic mass is 9.70. The summed E-state index contributed by atoms with van der Waals surface area (Å²) >= 11 is 3.68. The Morgan fingerprint density at radius 2 is 1.76 bits per heavy atom. The lowest BCUT2D eigenvalue weighted by Gasteiger charge is -2.37. The van der Waals surface area contributed by atoms with Gasteiger partial charge in [-0.05, 0) is 31.4 Å². The molecule has 3 aliphatic heterocycles. The summed E-state index contributed by atoms with van der Waals surface area (Å²) in [5.74, 6) is -2.55. The number of likely N-dealkylation sites (tertiary alicyclic amines) is 1. The van der Waals surface area contributed by atoms with Crippen LogP contribution in [0.25, 0.3) is 0 Å². The van der Waals surface area contributed by atoms with E-state index in [1.807, 2.05) is 74.5 Å². The average molecular weight is 570 g/mol. The molecule has 5 rings (SSSR count). The van der Waals surface area contributed by atoms with Gasteiger partial charge in [0, 0.05) is 17.4 Å². The van der Waals surface area contributed by atoms with Gasteiger partial charge in [0.25, 0.3) is 0 Å². The minimum absolute atomic E-state index is 0.160. The molecule has 0 radical (unpaired) electrons. The average Bonchev–Trinajstić information content (AvgIpc) is 3.47. The van der Waals surface area contributed by atoms with Crippen molar-refractivity contribution >= 4 is 33.7 Å². The first-order valence-electron chi connectivity index (χ1n) is 12.7. The molecule has 1 spiro atoms. The Morgan fingerprint density at radius 1 is 1.11 bits per heavy atom. The van der Waals surface area contributed by atoms with Crippen LogP contribution in [0.15, 0.2) is 60.7 Å². The number of hydrogen-bond acceptors (Lipinski definition) is 5. The molecule has 3 unspecified atom stereocenters. The number of aliphatic hydroxyl groups excluding tert-OH is 1. The van der Waals surface area contributed by atoms with Gasteiger partial charge in [-0.3, -0.25) is 14.4 Å². The third-order valence-corrected chi connectivity index (χ3v) is 8.56. The third kappa shape index (κ3) is 4.36. The van der Waals surface area contributed by atoms with Gasteiger partial charge in [-0.2, -0.15) is 0 Å². The maximum absolute atomic E-state index is 14.2. The van der Waals surface area contributed by atoms with E-state index in [0.717, 1.165) is 5.56 Å². The number of nitrogens with one attached hydrogen (secondary N) is 2. The number of carbonyl (C=O) groups is 3. The molecule has 0 aliphatic carbocycles. The van der Waals surface area contributed by atoms with Crippen molar-refractivity contribution in [3.05, 3.63) is 71.8 Å². The molecule has 3 saturated heterocycles. The number of ether oxygens (including phenoxy) is 1. The zero-order valence-corrected chi connectivity index (χ0v) is 22.4. The fourth-order valence-electron chi connectivity index (χ4n) is 6.30. The van der Waals surface area contributed by atoms with Crippen molar-refractivity contribution in [3.63, 3.8) is 0 Å². The summed E-state index contributed by atoms with van der Waals surface area (Å²) in [4.78, 5) is 42.8. The van der Waals surface area contributed by atoms with Gasteiger partial charge in [0.2, 0.25) is 17.7 Å². The first-order valence-corrected chi connectivity index (χ1v) is 13.6. The number of aliphatic hydroxyl groups is 1. The molecule has 2 bridgehead atoms. The van der Waals surface area contributed by atoms with Crippen LogP contribution >= 0.6 is 15.9 Å². The van der Waals surface area contributed by atoms with Crippen LogP contribution in [0.5, 0.6) is 0 Å². The summed E-state index contributed by atoms with van der Waals surface area (Å²) in [7, 11) is 0. The summed E-state index contributed by atoms with van der Waals surface area (Å²) in [5.41, 5.74) is 0.487. The van der Waals surface area contributed by atoms with Crippen LogP contribution in [0.1, 0.15) is 37.4 Å². The third-order valence-electron chi connectivity index (χ3n) is 7.71. The number of amides is 3. The van der Waals surface area contributed by atoms with Crippen LogP contribution in [0, 0.1) is 11.8 Å². The Balaban J connectivity index is 1.52. The number of nitrogens with zero attached hydrogens (tertiary/aromatic N) is 1. The van der Waals surface area contributed by atoms with Crippen LogP contribution < -0.4 is 10.6 Å². The van der Waals surface area contributed by atoms with Crippen molar-refractivity contribution in [2.75, 3.05) is 6.61 Å². The molecule has 196 valence electrons. The highest BCUT2D eigenvalue weighted by Crippen LogP contribution is 2.61. The summed E-state index contributed by atoms with van der Waals surface area (Å²) in [5, 5.41) is 16.4. The lowest BCUT2D eigenvalue weighted by molar-refractivity contribution is -0.146. The number of benzene rings is 2. The van der Waals surface area contributed by atoms with Gasteiger partial charge >= 0.3 is 0 Å². The normalized spacial score (nSPS) is 30.9. The van der Waals surface area contributed by atoms with Crippen LogP contribution in [0.4, 0.5) is 0 Å². The van der Waals surface area contributed by atoms with Crippen molar-refractivity contribution in [3.8, 4) is 0 Å². The summed E-state index contributed by atoms with van der Waals surface area (Å²) in [6.45, 7) is 3.67. The lowest BCUT2D eigenvalue weighted by Crippen LogP contribution is -2.57. The van der Waals surface area contributed by atoms with Crippen LogP contribution in [-0.2, 0) is 25.7 Å². The van der Waals surface area contributed by atoms with Crippen LogP contribution in [0.3, 0.4) is 0 Å². The van der Waals surface area contributed by atoms with E-state index in [4.69, 9.17) is 4.74 Å². The van der Waals surface area contributed by atoms with E-state index < -0.39 is 35.6 Å². The topological polar surface area (TPSA) is 108 Å². The molecule has 3 fully saturated rings. The summed E-state index contributed by atoms with van der Waals surface area (Å²) in [6.07, 6.45) is -0.124. The standard InChI is InChI=1S/C28H32BrN3O5/c1-16(2)31-26(35)24-28-13-19(29)23(37-28)21(25(34)30-14-17-9-5-3-6-10-17)22(28)27(36)32(24)20(15-33)18-11-7-4-8-12-18/h3-12,16,19-24,33H,13-15H2,1-2H3,(H,30,34)(H,31,35)/t19?,20-,21-,22+,23-,24?,28?/m1/s1. The highest BCUT2D eigenvalue weighted by molar-refractivity contribution is 9.09. The highest BCUT2D eigenvalue weighted by atomic mass is 79.9. The largest absolute Gasteiger partial charge is 0.394 e. The first-order chi connectivity index (χ1) is 17.8. The van der Waals surface area contributed by atoms with Gasteiger partial charge in [0.05, 0.1) is 30.6 Å². The molecule has 37 heavy (non-hydrogen) atoms. The Morgan fingerprint density at radius 3 is 2.38 bits per heavy atom. The van der Waals surface area contributed by atoms with Gasteiger partial charge in [-0.15, -0.1) is 0 Å². The minimum Gasteiger partial charge on any atom is -0.394 e. The Bertz CT molecular complexity index is 1160. The number of fused-ring (bicyclic) bond motifs is 1. The highest BCUT2D eigenvalue weighted by Gasteiger charge is 2.77. The molecule has 3 aliphatic rings. The number of rotatable bonds is 8. The molecular weight excluding hydrogens is 538 g/mol. The van der Waals surface area contributed by atoms with Crippen molar-refractivity contribution < 1.29 is 24.2 Å². The van der Waals surface area contributed by atoms with Crippen molar-refractivity contribution in [1.82, 2.24) is 15.5 Å². The number of hydrogen-bond donors (Lipinski definition) is 3. The molecule has 9 heteroatoms. The van der Waals surface area contributed by atoms with Gasteiger partial charge < -0.3 is 25.4 Å². The smallest absolute Gasteiger partial charge is 0.246 e. The quantitative estimate of drug-likeness (QED) is 0.423. The fraction of sp³-hybridized carbons (Fsp3) is 0.464. The number of halogens is 1. The molecule has 2 aromatic carbocycles. The molecule has 3 heterocycles. The van der Waals surface area contributed by atoms with Crippen molar-refractivity contribution in [2.24, 2.45) is 11.8 Å². The Hall–Kier alpha value is -2.75. The zero-order chi connectivity index (χ0) is 26.3. The predicted molar refractivity (Wildman–Crippen MR) is 140 cm³/mol. The second-order valence-electron chi connectivity index (χ2n) is 10.4. The van der Waals surface area contributed by atoms with Crippen molar-refractivity contribution in [1.29, 1.82) is 0 Å². The first kappa shape index (κ1) is 25.9. The molecule has 3 amide bonds. The monoisotopic (exact) mass is 569 g/mol. The fourth-order valence-corrected chi connectivity index (χ4v) is 7.24. The van der Waals surface area contributed by atoms with E-state index >= 15 is 0 Å². The van der Waals surface area contributed by atoms with E-state index in [-0.39, 0.29) is 35.2 Å². The van der Waals surface area contributed by atoms with Gasteiger partial charge in [-0.1, -0.05) is 76.6 Å². The summed E-state index contributed by atoms with van der Waals surface area (Å²) in [6, 6.07) is 16.8. The van der Waals surface area contributed by atoms with Crippen molar-refractivity contribution in [2.45, 2.75) is 61.5 Å². The maximum atomic E-state index is 14.2. The molecule has 2 aromatic rings. The number of carbonyl (C=O) groups excluding carboxylic acids is 3. The van der Waals surface area contributed by atoms with Gasteiger partial charge in [-0.25, -0.2) is 0 Å². The van der Waals surface area contributed by atoms with Crippen LogP contribution in [0.2, 0.25) is 0 Å². The summed E-state index contributed by atoms with van der Waals surface area (Å²) < 4.78 is 6.52. The predicted octanol–water partition coefficient (Wildman–Crippen LogP) is 2.31. The van der Waals surface area contributed by atoms with E-state index in [9.17, 15) is 19.5 Å². The minimum atomic E-state index is -1.17. The molecule has 0 saturated carbocycles. The number of alkyl halides is 1. The second-order valence-corrected chi connectivity index (χ2v) is 11.6. The van der Waals surface area contributed by atoms with Crippen LogP contribution in [-0.4, -0.2) is 63.0 Å². The SMILES string of the molecule is CC(C)NC(=O)C1N([C@H](CO)c2ccccc2)C(=O)[C@@H]2[C@@H](C(=O)NCc3ccccc3)[C@@H]3OC12CC3Br. The molecule has 7 atom stereocenters. The van der Waals surface area contributed by atoms with Gasteiger partial charge in [0.1, 0.15) is 11.6 Å². The van der Waals surface area contributed by atoms with E-state index in [0.29, 0.717) is 18.5 Å². The van der Waals surface area contributed by atoms with E-state index in [1.54, 1.807) is 0 Å². The van der Waals surface area contributed by atoms with E-state index in [2.05, 4.69) is 26.6 Å². The second kappa shape index (κ2) is 10.2. The molecule has 0 aromatic heterocycles. The maximum Gasteiger partial charge on any atom is 0.246 e.